The topological polar surface area (TPSA) is 46.3 Å². The Kier molecular flexibility index (Phi) is 2.79. The van der Waals surface area contributed by atoms with Crippen molar-refractivity contribution in [3.8, 4) is 0 Å². The van der Waals surface area contributed by atoms with Crippen LogP contribution in [-0.2, 0) is 0 Å². The molecule has 0 aromatic carbocycles. The normalized spacial score (nSPS) is 12.8. The van der Waals surface area contributed by atoms with E-state index in [0.717, 1.165) is 28.3 Å². The molecule has 0 aliphatic carbocycles. The minimum absolute atomic E-state index is 0.662. The second-order valence-electron chi connectivity index (χ2n) is 4.00. The molecule has 0 saturated heterocycles. The van der Waals surface area contributed by atoms with E-state index in [0.29, 0.717) is 0 Å². The van der Waals surface area contributed by atoms with Gasteiger partial charge in [-0.3, -0.25) is 4.98 Å². The van der Waals surface area contributed by atoms with Crippen molar-refractivity contribution in [3.05, 3.63) is 52.7 Å². The van der Waals surface area contributed by atoms with Crippen LogP contribution in [0.2, 0.25) is 0 Å². The number of nitrogens with zero attached hydrogens (tertiary/aromatic N) is 1. The second kappa shape index (κ2) is 4.10. The highest BCUT2D eigenvalue weighted by Gasteiger charge is 2.16. The fourth-order valence-electron chi connectivity index (χ4n) is 1.74. The third kappa shape index (κ3) is 1.99. The lowest BCUT2D eigenvalue weighted by Gasteiger charge is -2.09. The summed E-state index contributed by atoms with van der Waals surface area (Å²) in [6, 6.07) is 5.63. The maximum atomic E-state index is 10.2. The molecule has 2 aromatic rings. The van der Waals surface area contributed by atoms with Crippen molar-refractivity contribution in [2.24, 2.45) is 0 Å². The van der Waals surface area contributed by atoms with Gasteiger partial charge in [0.25, 0.3) is 0 Å². The standard InChI is InChI=1S/C13H15NO2/c1-8-4-5-11(7-14-8)13(15)12-6-9(2)16-10(12)3/h4-7,13,15H,1-3H3. The number of furan rings is 1. The van der Waals surface area contributed by atoms with Crippen molar-refractivity contribution in [3.63, 3.8) is 0 Å². The summed E-state index contributed by atoms with van der Waals surface area (Å²) in [5.74, 6) is 1.57. The minimum Gasteiger partial charge on any atom is -0.466 e. The molecule has 0 bridgehead atoms. The van der Waals surface area contributed by atoms with Gasteiger partial charge >= 0.3 is 0 Å². The Morgan fingerprint density at radius 1 is 1.25 bits per heavy atom. The molecular formula is C13H15NO2. The van der Waals surface area contributed by atoms with E-state index in [1.54, 1.807) is 6.20 Å². The van der Waals surface area contributed by atoms with Crippen LogP contribution >= 0.6 is 0 Å². The first-order valence-corrected chi connectivity index (χ1v) is 5.25. The molecule has 2 heterocycles. The molecule has 84 valence electrons. The van der Waals surface area contributed by atoms with Gasteiger partial charge in [-0.25, -0.2) is 0 Å². The average molecular weight is 217 g/mol. The van der Waals surface area contributed by atoms with Crippen molar-refractivity contribution in [1.82, 2.24) is 4.98 Å². The first-order chi connectivity index (χ1) is 7.58. The number of hydrogen-bond acceptors (Lipinski definition) is 3. The minimum atomic E-state index is -0.662. The zero-order chi connectivity index (χ0) is 11.7. The smallest absolute Gasteiger partial charge is 0.109 e. The van der Waals surface area contributed by atoms with E-state index in [2.05, 4.69) is 4.98 Å². The number of aliphatic hydroxyl groups is 1. The molecule has 1 N–H and O–H groups in total. The van der Waals surface area contributed by atoms with Crippen LogP contribution < -0.4 is 0 Å². The highest BCUT2D eigenvalue weighted by Crippen LogP contribution is 2.26. The lowest BCUT2D eigenvalue weighted by Crippen LogP contribution is -2.00. The number of aryl methyl sites for hydroxylation is 3. The fraction of sp³-hybridized carbons (Fsp3) is 0.308. The van der Waals surface area contributed by atoms with Gasteiger partial charge in [-0.2, -0.15) is 0 Å². The molecule has 0 fully saturated rings. The van der Waals surface area contributed by atoms with Crippen LogP contribution in [0.4, 0.5) is 0 Å². The van der Waals surface area contributed by atoms with Gasteiger partial charge in [0.05, 0.1) is 0 Å². The third-order valence-corrected chi connectivity index (χ3v) is 2.62. The number of rotatable bonds is 2. The number of pyridine rings is 1. The van der Waals surface area contributed by atoms with Gasteiger partial charge in [0.15, 0.2) is 0 Å². The van der Waals surface area contributed by atoms with Crippen LogP contribution in [0.3, 0.4) is 0 Å². The molecule has 2 rings (SSSR count). The van der Waals surface area contributed by atoms with Crippen LogP contribution in [0, 0.1) is 20.8 Å². The maximum Gasteiger partial charge on any atom is 0.109 e. The summed E-state index contributed by atoms with van der Waals surface area (Å²) in [5.41, 5.74) is 2.54. The molecule has 3 nitrogen and oxygen atoms in total. The van der Waals surface area contributed by atoms with Crippen molar-refractivity contribution in [2.75, 3.05) is 0 Å². The maximum absolute atomic E-state index is 10.2. The quantitative estimate of drug-likeness (QED) is 0.841. The highest BCUT2D eigenvalue weighted by molar-refractivity contribution is 5.31. The van der Waals surface area contributed by atoms with Gasteiger partial charge in [-0.1, -0.05) is 6.07 Å². The van der Waals surface area contributed by atoms with Gasteiger partial charge in [0, 0.05) is 23.0 Å². The van der Waals surface area contributed by atoms with E-state index in [1.165, 1.54) is 0 Å². The van der Waals surface area contributed by atoms with Crippen molar-refractivity contribution < 1.29 is 9.52 Å². The van der Waals surface area contributed by atoms with E-state index in [1.807, 2.05) is 39.0 Å². The molecule has 0 amide bonds. The van der Waals surface area contributed by atoms with E-state index in [-0.39, 0.29) is 0 Å². The Balaban J connectivity index is 2.35. The Morgan fingerprint density at radius 2 is 2.00 bits per heavy atom. The Bertz CT molecular complexity index is 485. The molecular weight excluding hydrogens is 202 g/mol. The van der Waals surface area contributed by atoms with Crippen molar-refractivity contribution in [2.45, 2.75) is 26.9 Å². The molecule has 1 atom stereocenters. The molecule has 1 unspecified atom stereocenters. The monoisotopic (exact) mass is 217 g/mol. The van der Waals surface area contributed by atoms with Crippen molar-refractivity contribution in [1.29, 1.82) is 0 Å². The third-order valence-electron chi connectivity index (χ3n) is 2.62. The largest absolute Gasteiger partial charge is 0.466 e. The predicted octanol–water partition coefficient (Wildman–Crippen LogP) is 2.68. The number of aliphatic hydroxyl groups excluding tert-OH is 1. The summed E-state index contributed by atoms with van der Waals surface area (Å²) in [5, 5.41) is 10.2. The molecule has 3 heteroatoms. The van der Waals surface area contributed by atoms with E-state index in [4.69, 9.17) is 4.42 Å². The first-order valence-electron chi connectivity index (χ1n) is 5.25. The van der Waals surface area contributed by atoms with Crippen LogP contribution in [-0.4, -0.2) is 10.1 Å². The fourth-order valence-corrected chi connectivity index (χ4v) is 1.74. The van der Waals surface area contributed by atoms with Crippen LogP contribution in [0.1, 0.15) is 34.4 Å². The highest BCUT2D eigenvalue weighted by atomic mass is 16.3. The van der Waals surface area contributed by atoms with E-state index < -0.39 is 6.10 Å². The number of aromatic nitrogens is 1. The summed E-state index contributed by atoms with van der Waals surface area (Å²) in [6.45, 7) is 5.65. The predicted molar refractivity (Wildman–Crippen MR) is 61.2 cm³/mol. The number of hydrogen-bond donors (Lipinski definition) is 1. The van der Waals surface area contributed by atoms with Crippen molar-refractivity contribution >= 4 is 0 Å². The van der Waals surface area contributed by atoms with Gasteiger partial charge < -0.3 is 9.52 Å². The van der Waals surface area contributed by atoms with Gasteiger partial charge in [-0.05, 0) is 32.9 Å². The van der Waals surface area contributed by atoms with E-state index in [9.17, 15) is 5.11 Å². The SMILES string of the molecule is Cc1ccc(C(O)c2cc(C)oc2C)cn1. The average Bonchev–Trinajstić information content (AvgIpc) is 2.58. The van der Waals surface area contributed by atoms with Gasteiger partial charge in [0.2, 0.25) is 0 Å². The zero-order valence-corrected chi connectivity index (χ0v) is 9.69. The second-order valence-corrected chi connectivity index (χ2v) is 4.00. The summed E-state index contributed by atoms with van der Waals surface area (Å²) in [7, 11) is 0. The molecule has 2 aromatic heterocycles. The lowest BCUT2D eigenvalue weighted by atomic mass is 10.0. The van der Waals surface area contributed by atoms with Gasteiger partial charge in [0.1, 0.15) is 17.6 Å². The summed E-state index contributed by atoms with van der Waals surface area (Å²) < 4.78 is 5.40. The summed E-state index contributed by atoms with van der Waals surface area (Å²) in [4.78, 5) is 4.17. The lowest BCUT2D eigenvalue weighted by molar-refractivity contribution is 0.217. The molecule has 16 heavy (non-hydrogen) atoms. The Labute approximate surface area is 94.8 Å². The molecule has 0 spiro atoms. The van der Waals surface area contributed by atoms with Crippen LogP contribution in [0.25, 0.3) is 0 Å². The summed E-state index contributed by atoms with van der Waals surface area (Å²) >= 11 is 0. The molecule has 0 aliphatic rings. The Morgan fingerprint density at radius 3 is 2.50 bits per heavy atom. The summed E-state index contributed by atoms with van der Waals surface area (Å²) in [6.07, 6.45) is 1.03. The molecule has 0 radical (unpaired) electrons. The Hall–Kier alpha value is -1.61. The molecule has 0 aliphatic heterocycles. The van der Waals surface area contributed by atoms with Crippen LogP contribution in [0.5, 0.6) is 0 Å². The van der Waals surface area contributed by atoms with Crippen LogP contribution in [0.15, 0.2) is 28.8 Å². The first kappa shape index (κ1) is 10.9. The molecule has 0 saturated carbocycles. The zero-order valence-electron chi connectivity index (χ0n) is 9.69. The van der Waals surface area contributed by atoms with Gasteiger partial charge in [-0.15, -0.1) is 0 Å². The van der Waals surface area contributed by atoms with E-state index >= 15 is 0 Å².